The molecule has 2 aromatic heterocycles. The van der Waals surface area contributed by atoms with Gasteiger partial charge in [0.25, 0.3) is 0 Å². The Morgan fingerprint density at radius 3 is 1.17 bits per heavy atom. The van der Waals surface area contributed by atoms with E-state index in [0.717, 1.165) is 22.7 Å². The highest BCUT2D eigenvalue weighted by Gasteiger charge is 2.28. The first-order valence-corrected chi connectivity index (χ1v) is 11.1. The first-order chi connectivity index (χ1) is 17.3. The van der Waals surface area contributed by atoms with Gasteiger partial charge in [0, 0.05) is 10.4 Å². The Kier molecular flexibility index (Phi) is 5.25. The molecule has 2 heterocycles. The minimum absolute atomic E-state index is 0.491. The largest absolute Gasteiger partial charge is 0.412 e. The second kappa shape index (κ2) is 8.99. The van der Waals surface area contributed by atoms with Crippen LogP contribution in [0.1, 0.15) is 0 Å². The van der Waals surface area contributed by atoms with E-state index < -0.39 is 0 Å². The predicted octanol–water partition coefficient (Wildman–Crippen LogP) is 3.15. The number of tetrazole rings is 2. The van der Waals surface area contributed by atoms with E-state index in [2.05, 4.69) is 5.32 Å². The van der Waals surface area contributed by atoms with Crippen LogP contribution in [0.4, 0.5) is 11.9 Å². The van der Waals surface area contributed by atoms with Gasteiger partial charge in [-0.2, -0.15) is 0 Å². The molecule has 0 fully saturated rings. The number of nitrogens with one attached hydrogen (secondary N) is 1. The van der Waals surface area contributed by atoms with Gasteiger partial charge < -0.3 is 0 Å². The van der Waals surface area contributed by atoms with E-state index in [9.17, 15) is 0 Å². The van der Waals surface area contributed by atoms with Crippen molar-refractivity contribution in [1.82, 2.24) is 30.2 Å². The van der Waals surface area contributed by atoms with Gasteiger partial charge >= 0.3 is 11.9 Å². The van der Waals surface area contributed by atoms with Crippen LogP contribution in [-0.2, 0) is 0 Å². The summed E-state index contributed by atoms with van der Waals surface area (Å²) in [6.07, 6.45) is 0. The first kappa shape index (κ1) is 20.4. The van der Waals surface area contributed by atoms with Gasteiger partial charge in [-0.1, -0.05) is 82.2 Å². The summed E-state index contributed by atoms with van der Waals surface area (Å²) >= 11 is 0. The second-order valence-corrected chi connectivity index (χ2v) is 7.70. The number of benzene rings is 4. The Labute approximate surface area is 201 Å². The molecule has 0 saturated carbocycles. The highest BCUT2D eigenvalue weighted by atomic mass is 15.7. The third-order valence-electron chi connectivity index (χ3n) is 5.33. The Bertz CT molecular complexity index is 1430. The van der Waals surface area contributed by atoms with Crippen molar-refractivity contribution in [3.63, 3.8) is 0 Å². The van der Waals surface area contributed by atoms with E-state index in [-0.39, 0.29) is 0 Å². The van der Waals surface area contributed by atoms with Gasteiger partial charge in [-0.05, 0) is 58.1 Å². The summed E-state index contributed by atoms with van der Waals surface area (Å²) in [6, 6.07) is 39.2. The van der Waals surface area contributed by atoms with E-state index in [1.807, 2.05) is 121 Å². The second-order valence-electron chi connectivity index (χ2n) is 7.70. The van der Waals surface area contributed by atoms with Crippen molar-refractivity contribution in [2.24, 2.45) is 0 Å². The highest BCUT2D eigenvalue weighted by Crippen LogP contribution is 2.12. The molecule has 9 heteroatoms. The minimum atomic E-state index is 0.491. The Hall–Kier alpha value is -5.18. The van der Waals surface area contributed by atoms with E-state index in [4.69, 9.17) is 20.6 Å². The molecule has 0 aliphatic rings. The molecule has 4 aromatic carbocycles. The lowest BCUT2D eigenvalue weighted by molar-refractivity contribution is -0.655. The van der Waals surface area contributed by atoms with Gasteiger partial charge in [0.2, 0.25) is 0 Å². The molecule has 9 nitrogen and oxygen atoms in total. The Morgan fingerprint density at radius 2 is 0.800 bits per heavy atom. The Balaban J connectivity index is 1.48. The maximum atomic E-state index is 4.74. The van der Waals surface area contributed by atoms with Gasteiger partial charge in [0.15, 0.2) is 0 Å². The summed E-state index contributed by atoms with van der Waals surface area (Å²) in [5, 5.41) is 22.2. The van der Waals surface area contributed by atoms with Crippen LogP contribution in [0.5, 0.6) is 0 Å². The van der Waals surface area contributed by atoms with E-state index >= 15 is 0 Å². The molecule has 0 bridgehead atoms. The maximum absolute atomic E-state index is 4.74. The standard InChI is InChI=1S/C26H21N9/c1-5-13-21(14-6-1)32-25(28-34(30-32)23-17-9-3-10-18-23)27-26-29-35(24-19-11-4-12-20-24)31-33(26)22-15-7-2-8-16-22/h1-20H,(H,27,28,29,30,31)/q+2. The third-order valence-corrected chi connectivity index (χ3v) is 5.33. The van der Waals surface area contributed by atoms with Crippen LogP contribution in [0.15, 0.2) is 121 Å². The van der Waals surface area contributed by atoms with Crippen LogP contribution >= 0.6 is 0 Å². The fourth-order valence-electron chi connectivity index (χ4n) is 3.64. The van der Waals surface area contributed by atoms with Gasteiger partial charge in [0.05, 0.1) is 10.2 Å². The summed E-state index contributed by atoms with van der Waals surface area (Å²) in [6.45, 7) is 0. The topological polar surface area (TPSA) is 81.2 Å². The van der Waals surface area contributed by atoms with Crippen LogP contribution < -0.4 is 14.7 Å². The minimum Gasteiger partial charge on any atom is -0.202 e. The number of para-hydroxylation sites is 4. The zero-order chi connectivity index (χ0) is 23.5. The van der Waals surface area contributed by atoms with Gasteiger partial charge in [0.1, 0.15) is 22.7 Å². The molecule has 168 valence electrons. The SMILES string of the molecule is c1ccc(-n2nc(Nc3nn(-c4ccccc4)n[n+]3-c3ccccc3)[n+](-c3ccccc3)n2)cc1. The molecular formula is C26H21N9+2. The van der Waals surface area contributed by atoms with Gasteiger partial charge in [-0.25, -0.2) is 5.32 Å². The van der Waals surface area contributed by atoms with Crippen molar-refractivity contribution in [2.45, 2.75) is 0 Å². The molecule has 0 spiro atoms. The molecule has 6 rings (SSSR count). The normalized spacial score (nSPS) is 10.9. The fourth-order valence-corrected chi connectivity index (χ4v) is 3.64. The van der Waals surface area contributed by atoms with Crippen molar-refractivity contribution in [1.29, 1.82) is 0 Å². The molecule has 0 radical (unpaired) electrons. The zero-order valence-electron chi connectivity index (χ0n) is 18.6. The van der Waals surface area contributed by atoms with E-state index in [1.54, 1.807) is 19.0 Å². The smallest absolute Gasteiger partial charge is 0.202 e. The lowest BCUT2D eigenvalue weighted by atomic mass is 10.3. The van der Waals surface area contributed by atoms with Crippen molar-refractivity contribution in [2.75, 3.05) is 5.32 Å². The summed E-state index contributed by atoms with van der Waals surface area (Å²) in [4.78, 5) is 3.17. The quantitative estimate of drug-likeness (QED) is 0.387. The Morgan fingerprint density at radius 1 is 0.457 bits per heavy atom. The molecule has 1 N–H and O–H groups in total. The molecular weight excluding hydrogens is 438 g/mol. The summed E-state index contributed by atoms with van der Waals surface area (Å²) in [7, 11) is 0. The van der Waals surface area contributed by atoms with Gasteiger partial charge in [-0.15, -0.1) is 0 Å². The molecule has 0 aliphatic carbocycles. The van der Waals surface area contributed by atoms with E-state index in [1.165, 1.54) is 0 Å². The lowest BCUT2D eigenvalue weighted by Gasteiger charge is -1.99. The molecule has 6 aromatic rings. The van der Waals surface area contributed by atoms with Crippen molar-refractivity contribution >= 4 is 11.9 Å². The number of hydrogen-bond donors (Lipinski definition) is 1. The van der Waals surface area contributed by atoms with Crippen molar-refractivity contribution < 1.29 is 9.36 Å². The number of anilines is 2. The summed E-state index contributed by atoms with van der Waals surface area (Å²) < 4.78 is 3.48. The number of aromatic nitrogens is 8. The third kappa shape index (κ3) is 4.13. The molecule has 0 saturated heterocycles. The molecule has 0 unspecified atom stereocenters. The van der Waals surface area contributed by atoms with Crippen LogP contribution in [0, 0.1) is 0 Å². The van der Waals surface area contributed by atoms with Crippen LogP contribution in [-0.4, -0.2) is 30.2 Å². The average Bonchev–Trinajstić information content (AvgIpc) is 3.56. The zero-order valence-corrected chi connectivity index (χ0v) is 18.6. The highest BCUT2D eigenvalue weighted by molar-refractivity contribution is 5.39. The van der Waals surface area contributed by atoms with Crippen LogP contribution in [0.25, 0.3) is 22.7 Å². The lowest BCUT2D eigenvalue weighted by Crippen LogP contribution is -2.40. The molecule has 0 aliphatic heterocycles. The molecule has 0 amide bonds. The van der Waals surface area contributed by atoms with Crippen molar-refractivity contribution in [3.8, 4) is 22.7 Å². The maximum Gasteiger partial charge on any atom is 0.412 e. The molecule has 35 heavy (non-hydrogen) atoms. The van der Waals surface area contributed by atoms with Crippen molar-refractivity contribution in [3.05, 3.63) is 121 Å². The summed E-state index contributed by atoms with van der Waals surface area (Å²) in [5.74, 6) is 0.981. The predicted molar refractivity (Wildman–Crippen MR) is 129 cm³/mol. The fraction of sp³-hybridized carbons (Fsp3) is 0. The number of nitrogens with zero attached hydrogens (tertiary/aromatic N) is 8. The first-order valence-electron chi connectivity index (χ1n) is 11.1. The van der Waals surface area contributed by atoms with E-state index in [0.29, 0.717) is 11.9 Å². The van der Waals surface area contributed by atoms with Crippen LogP contribution in [0.3, 0.4) is 0 Å². The van der Waals surface area contributed by atoms with Crippen LogP contribution in [0.2, 0.25) is 0 Å². The average molecular weight is 460 g/mol. The number of rotatable bonds is 6. The monoisotopic (exact) mass is 459 g/mol. The molecule has 0 atom stereocenters. The van der Waals surface area contributed by atoms with Gasteiger partial charge in [-0.3, -0.25) is 0 Å². The number of hydrogen-bond acceptors (Lipinski definition) is 5. The summed E-state index contributed by atoms with van der Waals surface area (Å²) in [5.41, 5.74) is 3.40.